The number of ketones is 6. The number of Topliss-reactive ketones (excluding diaryl/α,β-unsaturated/α-hetero) is 6. The number of hydrogen-bond acceptors (Lipinski definition) is 10. The molecule has 2 aromatic carbocycles. The van der Waals surface area contributed by atoms with Gasteiger partial charge in [-0.2, -0.15) is 0 Å². The van der Waals surface area contributed by atoms with Crippen molar-refractivity contribution in [2.24, 2.45) is 46.7 Å². The van der Waals surface area contributed by atoms with Gasteiger partial charge in [-0.05, 0) is 74.0 Å². The third kappa shape index (κ3) is 5.45. The zero-order valence-corrected chi connectivity index (χ0v) is 29.0. The third-order valence-corrected chi connectivity index (χ3v) is 11.6. The lowest BCUT2D eigenvalue weighted by molar-refractivity contribution is -0.181. The zero-order chi connectivity index (χ0) is 36.6. The SMILES string of the molecule is CN(C)[C@H]1C(=O)C(C(N)=O)C(=O)[C@]2(O)C(=O)C3C(=O)c4c(O)ccc(-c5ccc(CC(=O)C6CCCC6C(=O)C(C)(C)C)cc5)c4C[C@@H]3C[C@H]12. The maximum atomic E-state index is 14.1. The summed E-state index contributed by atoms with van der Waals surface area (Å²) in [6, 6.07) is 9.17. The highest BCUT2D eigenvalue weighted by Gasteiger charge is 2.69. The molecule has 0 spiro atoms. The number of amides is 1. The lowest BCUT2D eigenvalue weighted by atomic mass is 9.52. The molecule has 8 atom stereocenters. The van der Waals surface area contributed by atoms with Crippen LogP contribution in [0.3, 0.4) is 0 Å². The van der Waals surface area contributed by atoms with Crippen LogP contribution in [0.5, 0.6) is 5.75 Å². The topological polar surface area (TPSA) is 189 Å². The van der Waals surface area contributed by atoms with E-state index in [1.165, 1.54) is 11.0 Å². The minimum absolute atomic E-state index is 0.0382. The molecule has 4 aliphatic carbocycles. The number of nitrogens with zero attached hydrogens (tertiary/aromatic N) is 1. The average molecular weight is 685 g/mol. The van der Waals surface area contributed by atoms with E-state index in [0.29, 0.717) is 23.1 Å². The first-order valence-corrected chi connectivity index (χ1v) is 17.2. The first-order chi connectivity index (χ1) is 23.4. The summed E-state index contributed by atoms with van der Waals surface area (Å²) in [5, 5.41) is 22.7. The van der Waals surface area contributed by atoms with E-state index < -0.39 is 69.8 Å². The van der Waals surface area contributed by atoms with E-state index in [1.54, 1.807) is 20.2 Å². The fourth-order valence-corrected chi connectivity index (χ4v) is 9.23. The van der Waals surface area contributed by atoms with Crippen LogP contribution in [0.2, 0.25) is 0 Å². The van der Waals surface area contributed by atoms with Crippen molar-refractivity contribution in [2.45, 2.75) is 70.9 Å². The Kier molecular flexibility index (Phi) is 8.84. The fourth-order valence-electron chi connectivity index (χ4n) is 9.23. The average Bonchev–Trinajstić information content (AvgIpc) is 3.52. The highest BCUT2D eigenvalue weighted by molar-refractivity contribution is 6.32. The number of aromatic hydroxyl groups is 1. The minimum atomic E-state index is -2.78. The molecule has 264 valence electrons. The Morgan fingerprint density at radius 1 is 0.940 bits per heavy atom. The Morgan fingerprint density at radius 3 is 2.18 bits per heavy atom. The molecule has 0 aromatic heterocycles. The predicted molar refractivity (Wildman–Crippen MR) is 181 cm³/mol. The number of phenolic OH excluding ortho intramolecular Hbond substituents is 1. The first-order valence-electron chi connectivity index (χ1n) is 17.2. The quantitative estimate of drug-likeness (QED) is 0.366. The number of hydrogen-bond donors (Lipinski definition) is 3. The summed E-state index contributed by atoms with van der Waals surface area (Å²) in [6.45, 7) is 5.65. The molecule has 0 aliphatic heterocycles. The van der Waals surface area contributed by atoms with Gasteiger partial charge >= 0.3 is 0 Å². The summed E-state index contributed by atoms with van der Waals surface area (Å²) in [6.07, 6.45) is 2.54. The Labute approximate surface area is 290 Å². The molecular weight excluding hydrogens is 640 g/mol. The van der Waals surface area contributed by atoms with Crippen LogP contribution in [0.15, 0.2) is 36.4 Å². The van der Waals surface area contributed by atoms with Crippen molar-refractivity contribution < 1.29 is 43.8 Å². The van der Waals surface area contributed by atoms with Crippen molar-refractivity contribution in [1.82, 2.24) is 4.90 Å². The molecule has 3 saturated carbocycles. The predicted octanol–water partition coefficient (Wildman–Crippen LogP) is 2.68. The number of carbonyl (C=O) groups excluding carboxylic acids is 7. The Morgan fingerprint density at radius 2 is 1.58 bits per heavy atom. The number of carbonyl (C=O) groups is 7. The van der Waals surface area contributed by atoms with Crippen LogP contribution in [0.4, 0.5) is 0 Å². The van der Waals surface area contributed by atoms with Gasteiger partial charge in [0.2, 0.25) is 5.91 Å². The summed E-state index contributed by atoms with van der Waals surface area (Å²) in [4.78, 5) is 95.1. The second kappa shape index (κ2) is 12.5. The standard InChI is InChI=1S/C39H44N2O9/c1-38(2,3)34(46)23-8-6-7-22(23)27(43)15-18-9-11-19(12-10-18)21-13-14-26(42)29-24(21)16-20-17-25-31(41(4)5)33(45)30(37(40)49)36(48)39(25,50)35(47)28(20)32(29)44/h9-14,20,22-23,25,28,30-31,42,50H,6-8,15-17H2,1-5H3,(H2,40,49)/t20-,22?,23?,25-,28?,30?,31-,39-/m1/s1. The molecule has 0 saturated heterocycles. The van der Waals surface area contributed by atoms with Gasteiger partial charge in [0.15, 0.2) is 34.7 Å². The normalized spacial score (nSPS) is 30.9. The minimum Gasteiger partial charge on any atom is -0.507 e. The molecule has 11 heteroatoms. The van der Waals surface area contributed by atoms with Crippen molar-refractivity contribution in [1.29, 1.82) is 0 Å². The summed E-state index contributed by atoms with van der Waals surface area (Å²) in [7, 11) is 3.08. The number of nitrogens with two attached hydrogens (primary N) is 1. The summed E-state index contributed by atoms with van der Waals surface area (Å²) in [5.74, 6) is -11.4. The van der Waals surface area contributed by atoms with Gasteiger partial charge in [-0.25, -0.2) is 0 Å². The molecule has 0 heterocycles. The molecule has 6 rings (SSSR count). The maximum Gasteiger partial charge on any atom is 0.235 e. The van der Waals surface area contributed by atoms with Crippen molar-refractivity contribution in [3.8, 4) is 16.9 Å². The number of primary amides is 1. The Bertz CT molecular complexity index is 1840. The van der Waals surface area contributed by atoms with Gasteiger partial charge in [-0.15, -0.1) is 0 Å². The molecule has 2 aromatic rings. The van der Waals surface area contributed by atoms with Crippen molar-refractivity contribution in [2.75, 3.05) is 14.1 Å². The van der Waals surface area contributed by atoms with Crippen molar-refractivity contribution in [3.05, 3.63) is 53.1 Å². The van der Waals surface area contributed by atoms with Gasteiger partial charge in [-0.1, -0.05) is 57.5 Å². The number of rotatable bonds is 7. The fraction of sp³-hybridized carbons (Fsp3) is 0.513. The van der Waals surface area contributed by atoms with E-state index in [-0.39, 0.29) is 54.0 Å². The number of aliphatic hydroxyl groups is 1. The molecule has 11 nitrogen and oxygen atoms in total. The van der Waals surface area contributed by atoms with Gasteiger partial charge in [0.1, 0.15) is 17.3 Å². The highest BCUT2D eigenvalue weighted by Crippen LogP contribution is 2.52. The Hall–Kier alpha value is -4.35. The molecule has 4 N–H and O–H groups in total. The van der Waals surface area contributed by atoms with E-state index in [1.807, 2.05) is 45.0 Å². The number of likely N-dealkylation sites (N-methyl/N-ethyl adjacent to an activating group) is 1. The van der Waals surface area contributed by atoms with E-state index >= 15 is 0 Å². The van der Waals surface area contributed by atoms with E-state index in [0.717, 1.165) is 18.4 Å². The molecule has 50 heavy (non-hydrogen) atoms. The van der Waals surface area contributed by atoms with Crippen LogP contribution in [-0.4, -0.2) is 81.5 Å². The largest absolute Gasteiger partial charge is 0.507 e. The summed E-state index contributed by atoms with van der Waals surface area (Å²) in [5.41, 5.74) is 4.64. The van der Waals surface area contributed by atoms with Crippen LogP contribution in [0.1, 0.15) is 67.9 Å². The van der Waals surface area contributed by atoms with Crippen molar-refractivity contribution in [3.63, 3.8) is 0 Å². The molecule has 0 radical (unpaired) electrons. The molecule has 0 bridgehead atoms. The summed E-state index contributed by atoms with van der Waals surface area (Å²) >= 11 is 0. The number of phenols is 1. The van der Waals surface area contributed by atoms with Crippen molar-refractivity contribution >= 4 is 40.6 Å². The second-order valence-electron chi connectivity index (χ2n) is 15.9. The van der Waals surface area contributed by atoms with Gasteiger partial charge in [0.25, 0.3) is 0 Å². The van der Waals surface area contributed by atoms with E-state index in [4.69, 9.17) is 5.73 Å². The number of fused-ring (bicyclic) bond motifs is 3. The Balaban J connectivity index is 1.30. The monoisotopic (exact) mass is 684 g/mol. The van der Waals surface area contributed by atoms with Gasteiger partial charge in [0.05, 0.1) is 17.5 Å². The zero-order valence-electron chi connectivity index (χ0n) is 29.0. The third-order valence-electron chi connectivity index (χ3n) is 11.6. The van der Waals surface area contributed by atoms with E-state index in [9.17, 15) is 43.8 Å². The van der Waals surface area contributed by atoms with Gasteiger partial charge in [-0.3, -0.25) is 38.5 Å². The maximum absolute atomic E-state index is 14.1. The van der Waals surface area contributed by atoms with Crippen LogP contribution >= 0.6 is 0 Å². The van der Waals surface area contributed by atoms with Gasteiger partial charge in [0, 0.05) is 29.6 Å². The molecule has 4 aliphatic rings. The van der Waals surface area contributed by atoms with Gasteiger partial charge < -0.3 is 15.9 Å². The molecule has 1 amide bonds. The highest BCUT2D eigenvalue weighted by atomic mass is 16.3. The van der Waals surface area contributed by atoms with Crippen LogP contribution < -0.4 is 5.73 Å². The molecule has 3 fully saturated rings. The first kappa shape index (κ1) is 35.5. The van der Waals surface area contributed by atoms with Crippen LogP contribution in [0, 0.1) is 40.9 Å². The van der Waals surface area contributed by atoms with E-state index in [2.05, 4.69) is 0 Å². The smallest absolute Gasteiger partial charge is 0.235 e. The molecule has 4 unspecified atom stereocenters. The summed E-state index contributed by atoms with van der Waals surface area (Å²) < 4.78 is 0. The number of benzene rings is 2. The van der Waals surface area contributed by atoms with Crippen LogP contribution in [-0.2, 0) is 41.6 Å². The lowest BCUT2D eigenvalue weighted by Gasteiger charge is -2.52. The molecular formula is C39H44N2O9. The van der Waals surface area contributed by atoms with Crippen LogP contribution in [0.25, 0.3) is 11.1 Å². The lowest BCUT2D eigenvalue weighted by Crippen LogP contribution is -2.74. The second-order valence-corrected chi connectivity index (χ2v) is 15.9.